The van der Waals surface area contributed by atoms with Crippen molar-refractivity contribution in [2.24, 2.45) is 0 Å². The standard InChI is InChI=1S/C9H11NO3/c1-6-3-4-8(10-12)7(5-6)9(11)13-2/h3-5,10,12H,1-2H3. The van der Waals surface area contributed by atoms with E-state index in [1.807, 2.05) is 12.4 Å². The van der Waals surface area contributed by atoms with E-state index in [0.717, 1.165) is 5.56 Å². The summed E-state index contributed by atoms with van der Waals surface area (Å²) in [6, 6.07) is 5.04. The lowest BCUT2D eigenvalue weighted by Gasteiger charge is -2.06. The van der Waals surface area contributed by atoms with Gasteiger partial charge in [0.15, 0.2) is 0 Å². The second kappa shape index (κ2) is 3.91. The Morgan fingerprint density at radius 1 is 1.54 bits per heavy atom. The highest BCUT2D eigenvalue weighted by Gasteiger charge is 2.10. The number of benzene rings is 1. The van der Waals surface area contributed by atoms with Crippen LogP contribution in [0.2, 0.25) is 0 Å². The van der Waals surface area contributed by atoms with Crippen molar-refractivity contribution in [3.05, 3.63) is 29.3 Å². The molecule has 0 aliphatic heterocycles. The summed E-state index contributed by atoms with van der Waals surface area (Å²) in [5, 5.41) is 8.70. The Hall–Kier alpha value is -1.55. The average Bonchev–Trinajstić information content (AvgIpc) is 2.16. The molecular weight excluding hydrogens is 170 g/mol. The lowest BCUT2D eigenvalue weighted by molar-refractivity contribution is 0.0601. The fourth-order valence-electron chi connectivity index (χ4n) is 1.03. The molecule has 0 fully saturated rings. The normalized spacial score (nSPS) is 9.46. The monoisotopic (exact) mass is 181 g/mol. The maximum Gasteiger partial charge on any atom is 0.340 e. The Morgan fingerprint density at radius 3 is 2.77 bits per heavy atom. The molecule has 0 bridgehead atoms. The van der Waals surface area contributed by atoms with Gasteiger partial charge in [-0.25, -0.2) is 4.79 Å². The van der Waals surface area contributed by atoms with Gasteiger partial charge in [-0.05, 0) is 19.1 Å². The number of nitrogens with one attached hydrogen (secondary N) is 1. The van der Waals surface area contributed by atoms with Gasteiger partial charge in [-0.15, -0.1) is 0 Å². The molecule has 4 nitrogen and oxygen atoms in total. The number of rotatable bonds is 2. The van der Waals surface area contributed by atoms with E-state index in [1.165, 1.54) is 7.11 Å². The number of carbonyl (C=O) groups is 1. The van der Waals surface area contributed by atoms with E-state index < -0.39 is 5.97 Å². The summed E-state index contributed by atoms with van der Waals surface area (Å²) in [6.07, 6.45) is 0. The van der Waals surface area contributed by atoms with Gasteiger partial charge < -0.3 is 4.74 Å². The Morgan fingerprint density at radius 2 is 2.23 bits per heavy atom. The van der Waals surface area contributed by atoms with Crippen LogP contribution in [-0.4, -0.2) is 18.3 Å². The summed E-state index contributed by atoms with van der Waals surface area (Å²) in [4.78, 5) is 11.2. The molecule has 0 saturated carbocycles. The molecule has 0 unspecified atom stereocenters. The van der Waals surface area contributed by atoms with Gasteiger partial charge in [0.25, 0.3) is 0 Å². The Labute approximate surface area is 76.1 Å². The highest BCUT2D eigenvalue weighted by atomic mass is 16.5. The summed E-state index contributed by atoms with van der Waals surface area (Å²) in [7, 11) is 1.30. The first kappa shape index (κ1) is 9.54. The van der Waals surface area contributed by atoms with E-state index in [1.54, 1.807) is 18.2 Å². The number of carbonyl (C=O) groups excluding carboxylic acids is 1. The maximum absolute atomic E-state index is 11.2. The van der Waals surface area contributed by atoms with Gasteiger partial charge in [-0.2, -0.15) is 0 Å². The lowest BCUT2D eigenvalue weighted by atomic mass is 10.1. The summed E-state index contributed by atoms with van der Waals surface area (Å²) >= 11 is 0. The van der Waals surface area contributed by atoms with Crippen LogP contribution < -0.4 is 5.48 Å². The van der Waals surface area contributed by atoms with Gasteiger partial charge in [0.05, 0.1) is 18.4 Å². The van der Waals surface area contributed by atoms with Gasteiger partial charge in [0.2, 0.25) is 0 Å². The minimum Gasteiger partial charge on any atom is -0.465 e. The second-order valence-corrected chi connectivity index (χ2v) is 2.65. The van der Waals surface area contributed by atoms with E-state index in [9.17, 15) is 4.79 Å². The van der Waals surface area contributed by atoms with Crippen LogP contribution in [0.25, 0.3) is 0 Å². The largest absolute Gasteiger partial charge is 0.465 e. The molecule has 0 saturated heterocycles. The maximum atomic E-state index is 11.2. The van der Waals surface area contributed by atoms with Crippen LogP contribution in [-0.2, 0) is 4.74 Å². The molecule has 0 spiro atoms. The van der Waals surface area contributed by atoms with E-state index in [4.69, 9.17) is 5.21 Å². The minimum atomic E-state index is -0.472. The van der Waals surface area contributed by atoms with Gasteiger partial charge >= 0.3 is 5.97 Å². The molecule has 0 amide bonds. The number of hydrogen-bond acceptors (Lipinski definition) is 4. The molecule has 4 heteroatoms. The third-order valence-corrected chi connectivity index (χ3v) is 1.70. The summed E-state index contributed by atoms with van der Waals surface area (Å²) in [5.41, 5.74) is 3.54. The fraction of sp³-hybridized carbons (Fsp3) is 0.222. The topological polar surface area (TPSA) is 58.6 Å². The molecule has 0 aromatic heterocycles. The second-order valence-electron chi connectivity index (χ2n) is 2.65. The number of aryl methyl sites for hydroxylation is 1. The Bertz CT molecular complexity index is 323. The van der Waals surface area contributed by atoms with E-state index in [2.05, 4.69) is 4.74 Å². The molecule has 1 rings (SSSR count). The molecule has 0 aliphatic carbocycles. The van der Waals surface area contributed by atoms with Gasteiger partial charge in [0.1, 0.15) is 0 Å². The molecule has 0 heterocycles. The van der Waals surface area contributed by atoms with Crippen molar-refractivity contribution < 1.29 is 14.7 Å². The minimum absolute atomic E-state index is 0.324. The zero-order valence-corrected chi connectivity index (χ0v) is 7.50. The predicted octanol–water partition coefficient (Wildman–Crippen LogP) is 1.58. The number of esters is 1. The molecule has 0 aliphatic rings. The molecule has 13 heavy (non-hydrogen) atoms. The van der Waals surface area contributed by atoms with E-state index in [-0.39, 0.29) is 0 Å². The van der Waals surface area contributed by atoms with Crippen molar-refractivity contribution in [2.75, 3.05) is 12.6 Å². The fourth-order valence-corrected chi connectivity index (χ4v) is 1.03. The van der Waals surface area contributed by atoms with Crippen molar-refractivity contribution in [3.63, 3.8) is 0 Å². The number of ether oxygens (including phenoxy) is 1. The van der Waals surface area contributed by atoms with Crippen molar-refractivity contribution in [1.29, 1.82) is 0 Å². The average molecular weight is 181 g/mol. The predicted molar refractivity (Wildman–Crippen MR) is 47.9 cm³/mol. The van der Waals surface area contributed by atoms with Gasteiger partial charge in [-0.1, -0.05) is 11.6 Å². The highest BCUT2D eigenvalue weighted by Crippen LogP contribution is 2.17. The van der Waals surface area contributed by atoms with Crippen LogP contribution in [0.4, 0.5) is 5.69 Å². The summed E-state index contributed by atoms with van der Waals surface area (Å²) in [5.74, 6) is -0.472. The first-order valence-corrected chi connectivity index (χ1v) is 3.78. The molecule has 2 N–H and O–H groups in total. The first-order valence-electron chi connectivity index (χ1n) is 3.78. The summed E-state index contributed by atoms with van der Waals surface area (Å²) in [6.45, 7) is 1.85. The molecule has 1 aromatic carbocycles. The van der Waals surface area contributed by atoms with Crippen LogP contribution in [0.1, 0.15) is 15.9 Å². The molecular formula is C9H11NO3. The van der Waals surface area contributed by atoms with Gasteiger partial charge in [-0.3, -0.25) is 10.7 Å². The van der Waals surface area contributed by atoms with Crippen molar-refractivity contribution >= 4 is 11.7 Å². The van der Waals surface area contributed by atoms with Crippen molar-refractivity contribution in [1.82, 2.24) is 0 Å². The van der Waals surface area contributed by atoms with Crippen LogP contribution in [0.3, 0.4) is 0 Å². The number of hydrogen-bond donors (Lipinski definition) is 2. The first-order chi connectivity index (χ1) is 6.19. The zero-order valence-electron chi connectivity index (χ0n) is 7.50. The Kier molecular flexibility index (Phi) is 2.87. The number of methoxy groups -OCH3 is 1. The highest BCUT2D eigenvalue weighted by molar-refractivity contribution is 5.95. The van der Waals surface area contributed by atoms with Crippen LogP contribution in [0, 0.1) is 6.92 Å². The quantitative estimate of drug-likeness (QED) is 0.537. The lowest BCUT2D eigenvalue weighted by Crippen LogP contribution is -2.06. The number of anilines is 1. The Balaban J connectivity index is 3.15. The SMILES string of the molecule is COC(=O)c1cc(C)ccc1NO. The van der Waals surface area contributed by atoms with E-state index >= 15 is 0 Å². The molecule has 0 atom stereocenters. The van der Waals surface area contributed by atoms with Crippen molar-refractivity contribution in [2.45, 2.75) is 6.92 Å². The molecule has 1 aromatic rings. The third kappa shape index (κ3) is 1.97. The van der Waals surface area contributed by atoms with E-state index in [0.29, 0.717) is 11.3 Å². The molecule has 70 valence electrons. The van der Waals surface area contributed by atoms with Gasteiger partial charge in [0, 0.05) is 0 Å². The zero-order chi connectivity index (χ0) is 9.84. The van der Waals surface area contributed by atoms with Crippen LogP contribution in [0.5, 0.6) is 0 Å². The third-order valence-electron chi connectivity index (χ3n) is 1.70. The molecule has 0 radical (unpaired) electrons. The van der Waals surface area contributed by atoms with Crippen LogP contribution in [0.15, 0.2) is 18.2 Å². The van der Waals surface area contributed by atoms with Crippen molar-refractivity contribution in [3.8, 4) is 0 Å². The van der Waals surface area contributed by atoms with Crippen LogP contribution >= 0.6 is 0 Å². The smallest absolute Gasteiger partial charge is 0.340 e. The summed E-state index contributed by atoms with van der Waals surface area (Å²) < 4.78 is 4.54.